The van der Waals surface area contributed by atoms with Crippen molar-refractivity contribution in [1.82, 2.24) is 0 Å². The number of aromatic hydroxyl groups is 2. The van der Waals surface area contributed by atoms with Gasteiger partial charge in [-0.05, 0) is 36.2 Å². The normalized spacial score (nSPS) is 10.5. The van der Waals surface area contributed by atoms with Gasteiger partial charge in [0.15, 0.2) is 0 Å². The van der Waals surface area contributed by atoms with E-state index in [9.17, 15) is 10.2 Å². The van der Waals surface area contributed by atoms with Crippen LogP contribution in [0.2, 0.25) is 0 Å². The first kappa shape index (κ1) is 27.2. The summed E-state index contributed by atoms with van der Waals surface area (Å²) in [5.74, 6) is 0.284. The Morgan fingerprint density at radius 2 is 1.09 bits per heavy atom. The molecule has 0 fully saturated rings. The fourth-order valence-corrected chi connectivity index (χ4v) is 5.41. The van der Waals surface area contributed by atoms with Gasteiger partial charge in [-0.25, -0.2) is 0 Å². The van der Waals surface area contributed by atoms with Crippen molar-refractivity contribution < 1.29 is 56.7 Å². The maximum absolute atomic E-state index is 11.3. The van der Waals surface area contributed by atoms with E-state index in [1.807, 2.05) is 72.8 Å². The molecule has 0 bridgehead atoms. The number of benzene rings is 4. The molecule has 33 heavy (non-hydrogen) atoms. The first-order chi connectivity index (χ1) is 14.5. The monoisotopic (exact) mass is 528 g/mol. The van der Waals surface area contributed by atoms with Crippen molar-refractivity contribution in [2.24, 2.45) is 0 Å². The number of halogens is 2. The van der Waals surface area contributed by atoms with Crippen molar-refractivity contribution in [2.45, 2.75) is 19.8 Å². The Morgan fingerprint density at radius 3 is 1.52 bits per heavy atom. The van der Waals surface area contributed by atoms with E-state index in [4.69, 9.17) is 0 Å². The molecule has 4 aromatic carbocycles. The quantitative estimate of drug-likeness (QED) is 0.346. The molecule has 2 N–H and O–H groups in total. The third kappa shape index (κ3) is 4.80. The molecular weight excluding hydrogens is 507 g/mol. The second kappa shape index (κ2) is 10.9. The summed E-state index contributed by atoms with van der Waals surface area (Å²) in [6.07, 6.45) is 0. The van der Waals surface area contributed by atoms with Gasteiger partial charge in [0, 0.05) is 37.6 Å². The smallest absolute Gasteiger partial charge is 1.00 e. The van der Waals surface area contributed by atoms with Gasteiger partial charge in [-0.3, -0.25) is 0 Å². The van der Waals surface area contributed by atoms with Crippen LogP contribution < -0.4 is 24.8 Å². The molecule has 0 aliphatic carbocycles. The van der Waals surface area contributed by atoms with Crippen LogP contribution in [0.15, 0.2) is 78.9 Å². The molecule has 1 aromatic heterocycles. The van der Waals surface area contributed by atoms with Crippen LogP contribution in [0.25, 0.3) is 21.5 Å². The molecule has 0 aliphatic heterocycles. The predicted molar refractivity (Wildman–Crippen MR) is 126 cm³/mol. The number of phenols is 2. The van der Waals surface area contributed by atoms with E-state index < -0.39 is 0 Å². The molecule has 166 valence electrons. The third-order valence-electron chi connectivity index (χ3n) is 5.88. The van der Waals surface area contributed by atoms with Crippen LogP contribution in [0.4, 0.5) is 0 Å². The van der Waals surface area contributed by atoms with Crippen LogP contribution in [0.1, 0.15) is 32.4 Å². The number of hydrogen-bond acceptors (Lipinski definition) is 3. The summed E-state index contributed by atoms with van der Waals surface area (Å²) in [5, 5.41) is 26.2. The number of hydrogen-bond donors (Lipinski definition) is 2. The maximum Gasteiger partial charge on any atom is 2.00 e. The van der Waals surface area contributed by atoms with E-state index in [2.05, 4.69) is 19.9 Å². The second-order valence-corrected chi connectivity index (χ2v) is 9.21. The molecule has 2 nitrogen and oxygen atoms in total. The summed E-state index contributed by atoms with van der Waals surface area (Å²) in [6.45, 7) is 4.20. The first-order valence-corrected chi connectivity index (χ1v) is 10.8. The second-order valence-electron chi connectivity index (χ2n) is 7.75. The largest absolute Gasteiger partial charge is 2.00 e. The average Bonchev–Trinajstić information content (AvgIpc) is 3.09. The van der Waals surface area contributed by atoms with Gasteiger partial charge in [0.2, 0.25) is 0 Å². The van der Waals surface area contributed by atoms with Gasteiger partial charge >= 0.3 is 21.7 Å². The number of fused-ring (bicyclic) bond motifs is 2. The molecule has 0 saturated carbocycles. The van der Waals surface area contributed by atoms with E-state index >= 15 is 0 Å². The van der Waals surface area contributed by atoms with E-state index in [1.165, 1.54) is 9.75 Å². The van der Waals surface area contributed by atoms with Crippen molar-refractivity contribution in [2.75, 3.05) is 0 Å². The van der Waals surface area contributed by atoms with Crippen LogP contribution in [-0.2, 0) is 21.7 Å². The number of rotatable bonds is 3. The number of phenolic OH excluding ortho intramolecular Hbond substituents is 2. The van der Waals surface area contributed by atoms with Crippen LogP contribution in [0, 0.1) is 13.8 Å². The van der Waals surface area contributed by atoms with E-state index in [1.54, 1.807) is 11.3 Å². The summed E-state index contributed by atoms with van der Waals surface area (Å²) in [7, 11) is 0. The van der Waals surface area contributed by atoms with Gasteiger partial charge in [0.1, 0.15) is 11.5 Å². The molecule has 0 amide bonds. The fourth-order valence-electron chi connectivity index (χ4n) is 4.45. The Balaban J connectivity index is 0.00000128. The van der Waals surface area contributed by atoms with Crippen molar-refractivity contribution in [1.29, 1.82) is 0 Å². The molecule has 0 unspecified atom stereocenters. The molecule has 0 saturated heterocycles. The van der Waals surface area contributed by atoms with E-state index in [0.29, 0.717) is 0 Å². The summed E-state index contributed by atoms with van der Waals surface area (Å²) in [4.78, 5) is 2.41. The molecule has 5 aromatic rings. The molecule has 0 radical (unpaired) electrons. The van der Waals surface area contributed by atoms with Gasteiger partial charge in [0.05, 0.1) is 0 Å². The van der Waals surface area contributed by atoms with Crippen LogP contribution >= 0.6 is 11.3 Å². The van der Waals surface area contributed by atoms with Crippen LogP contribution in [0.5, 0.6) is 11.5 Å². The van der Waals surface area contributed by atoms with Gasteiger partial charge < -0.3 is 35.0 Å². The summed E-state index contributed by atoms with van der Waals surface area (Å²) in [6, 6.07) is 26.0. The van der Waals surface area contributed by atoms with Gasteiger partial charge in [0.25, 0.3) is 0 Å². The average molecular weight is 529 g/mol. The Labute approximate surface area is 225 Å². The standard InChI is InChI=1S/C27H22O2S.2ClH.Ti/c1-16-15-24(17(2)30-16)25(22-13-11-18-7-3-5-9-20(18)26(22)28)23-14-12-19-8-4-6-10-21(19)27(23)29;;;/h3-15,25,28-29H,1-2H3;2*1H;/q;;;+2/p-2. The summed E-state index contributed by atoms with van der Waals surface area (Å²) in [5.41, 5.74) is 2.73. The minimum absolute atomic E-state index is 0. The molecule has 0 atom stereocenters. The molecule has 0 spiro atoms. The first-order valence-electron chi connectivity index (χ1n) is 10.0. The number of aryl methyl sites for hydroxylation is 2. The molecule has 5 rings (SSSR count). The Bertz CT molecular complexity index is 1330. The van der Waals surface area contributed by atoms with Crippen molar-refractivity contribution in [3.8, 4) is 11.5 Å². The zero-order valence-electron chi connectivity index (χ0n) is 18.1. The van der Waals surface area contributed by atoms with Crippen molar-refractivity contribution in [3.05, 3.63) is 105 Å². The summed E-state index contributed by atoms with van der Waals surface area (Å²) >= 11 is 1.74. The maximum atomic E-state index is 11.3. The van der Waals surface area contributed by atoms with Crippen LogP contribution in [0.3, 0.4) is 0 Å². The van der Waals surface area contributed by atoms with Gasteiger partial charge in [-0.1, -0.05) is 72.8 Å². The van der Waals surface area contributed by atoms with E-state index in [0.717, 1.165) is 38.2 Å². The molecular formula is C27H22Cl2O2STi. The minimum Gasteiger partial charge on any atom is -1.00 e. The summed E-state index contributed by atoms with van der Waals surface area (Å²) < 4.78 is 0. The number of thiophene rings is 1. The molecule has 0 aliphatic rings. The Morgan fingerprint density at radius 1 is 0.636 bits per heavy atom. The van der Waals surface area contributed by atoms with Crippen molar-refractivity contribution >= 4 is 32.9 Å². The zero-order chi connectivity index (χ0) is 20.8. The van der Waals surface area contributed by atoms with Gasteiger partial charge in [-0.15, -0.1) is 11.3 Å². The Kier molecular flexibility index (Phi) is 9.04. The third-order valence-corrected chi connectivity index (χ3v) is 6.86. The molecule has 1 heterocycles. The molecule has 6 heteroatoms. The minimum atomic E-state index is -0.260. The topological polar surface area (TPSA) is 40.5 Å². The predicted octanol–water partition coefficient (Wildman–Crippen LogP) is 1.27. The fraction of sp³-hybridized carbons (Fsp3) is 0.111. The van der Waals surface area contributed by atoms with Crippen molar-refractivity contribution in [3.63, 3.8) is 0 Å². The Hall–Kier alpha value is -2.01. The van der Waals surface area contributed by atoms with Crippen LogP contribution in [-0.4, -0.2) is 10.2 Å². The van der Waals surface area contributed by atoms with Gasteiger partial charge in [-0.2, -0.15) is 0 Å². The van der Waals surface area contributed by atoms with E-state index in [-0.39, 0.29) is 63.9 Å². The zero-order valence-corrected chi connectivity index (χ0v) is 22.0. The SMILES string of the molecule is Cc1cc(C(c2ccc3ccccc3c2O)c2ccc3ccccc3c2O)c(C)s1.[Cl-].[Cl-].[Ti+2].